The molecular weight excluding hydrogens is 368 g/mol. The highest BCUT2D eigenvalue weighted by Gasteiger charge is 2.37. The molecule has 1 aliphatic heterocycles. The summed E-state index contributed by atoms with van der Waals surface area (Å²) in [4.78, 5) is 35.3. The van der Waals surface area contributed by atoms with Crippen LogP contribution in [-0.2, 0) is 9.53 Å². The van der Waals surface area contributed by atoms with E-state index in [2.05, 4.69) is 10.3 Å². The van der Waals surface area contributed by atoms with Gasteiger partial charge in [0.2, 0.25) is 0 Å². The number of hydrogen-bond donors (Lipinski definition) is 2. The Morgan fingerprint density at radius 2 is 2.03 bits per heavy atom. The molecule has 150 valence electrons. The molecule has 7 heteroatoms. The summed E-state index contributed by atoms with van der Waals surface area (Å²) in [6.45, 7) is 2.65. The number of ether oxygens (including phenoxy) is 1. The van der Waals surface area contributed by atoms with Gasteiger partial charge in [-0.25, -0.2) is 9.78 Å². The minimum atomic E-state index is -0.809. The first-order chi connectivity index (χ1) is 14.1. The summed E-state index contributed by atoms with van der Waals surface area (Å²) in [6, 6.07) is 14.3. The van der Waals surface area contributed by atoms with E-state index in [4.69, 9.17) is 9.72 Å². The first-order valence-electron chi connectivity index (χ1n) is 9.73. The molecule has 2 aromatic carbocycles. The van der Waals surface area contributed by atoms with Crippen molar-refractivity contribution in [2.45, 2.75) is 31.8 Å². The lowest BCUT2D eigenvalue weighted by molar-refractivity contribution is -0.134. The first kappa shape index (κ1) is 19.0. The molecule has 3 aromatic rings. The molecule has 0 aliphatic carbocycles. The number of rotatable bonds is 4. The molecule has 0 spiro atoms. The Kier molecular flexibility index (Phi) is 5.20. The molecule has 2 atom stereocenters. The number of fused-ring (bicyclic) bond motifs is 1. The summed E-state index contributed by atoms with van der Waals surface area (Å²) < 4.78 is 4.74. The summed E-state index contributed by atoms with van der Waals surface area (Å²) in [5.74, 6) is 0.613. The topological polar surface area (TPSA) is 87.3 Å². The van der Waals surface area contributed by atoms with Crippen LogP contribution in [0.15, 0.2) is 48.5 Å². The van der Waals surface area contributed by atoms with E-state index >= 15 is 0 Å². The Morgan fingerprint density at radius 1 is 1.24 bits per heavy atom. The Morgan fingerprint density at radius 3 is 2.79 bits per heavy atom. The molecule has 0 saturated carbocycles. The third-order valence-electron chi connectivity index (χ3n) is 5.34. The van der Waals surface area contributed by atoms with Gasteiger partial charge in [0.25, 0.3) is 5.91 Å². The maximum Gasteiger partial charge on any atom is 0.407 e. The van der Waals surface area contributed by atoms with Crippen LogP contribution in [0, 0.1) is 6.92 Å². The summed E-state index contributed by atoms with van der Waals surface area (Å²) in [6.07, 6.45) is 1.07. The van der Waals surface area contributed by atoms with Crippen LogP contribution in [0.4, 0.5) is 4.79 Å². The zero-order valence-electron chi connectivity index (χ0n) is 16.5. The van der Waals surface area contributed by atoms with Gasteiger partial charge in [-0.1, -0.05) is 36.4 Å². The minimum absolute atomic E-state index is 0.152. The van der Waals surface area contributed by atoms with Crippen LogP contribution >= 0.6 is 0 Å². The number of H-pyrrole nitrogens is 1. The Labute approximate surface area is 169 Å². The molecule has 0 radical (unpaired) electrons. The number of aromatic amines is 1. The average molecular weight is 392 g/mol. The molecule has 4 rings (SSSR count). The van der Waals surface area contributed by atoms with Gasteiger partial charge in [-0.2, -0.15) is 0 Å². The lowest BCUT2D eigenvalue weighted by Gasteiger charge is -2.28. The maximum atomic E-state index is 13.5. The van der Waals surface area contributed by atoms with Crippen molar-refractivity contribution in [3.63, 3.8) is 0 Å². The number of imidazole rings is 1. The number of carbonyl (C=O) groups excluding carboxylic acids is 2. The van der Waals surface area contributed by atoms with Gasteiger partial charge in [-0.15, -0.1) is 0 Å². The molecule has 7 nitrogen and oxygen atoms in total. The summed E-state index contributed by atoms with van der Waals surface area (Å²) in [5.41, 5.74) is 3.71. The van der Waals surface area contributed by atoms with Crippen molar-refractivity contribution in [1.29, 1.82) is 0 Å². The fourth-order valence-electron chi connectivity index (χ4n) is 3.88. The predicted octanol–water partition coefficient (Wildman–Crippen LogP) is 3.63. The van der Waals surface area contributed by atoms with Crippen molar-refractivity contribution in [3.05, 3.63) is 65.5 Å². The molecule has 1 saturated heterocycles. The highest BCUT2D eigenvalue weighted by atomic mass is 16.5. The highest BCUT2D eigenvalue weighted by molar-refractivity contribution is 5.87. The van der Waals surface area contributed by atoms with Crippen LogP contribution in [0.3, 0.4) is 0 Å². The Bertz CT molecular complexity index is 1030. The monoisotopic (exact) mass is 392 g/mol. The van der Waals surface area contributed by atoms with Crippen molar-refractivity contribution >= 4 is 23.0 Å². The van der Waals surface area contributed by atoms with Crippen LogP contribution < -0.4 is 5.32 Å². The Hall–Kier alpha value is -3.35. The van der Waals surface area contributed by atoms with Crippen molar-refractivity contribution < 1.29 is 14.3 Å². The second-order valence-corrected chi connectivity index (χ2v) is 7.31. The summed E-state index contributed by atoms with van der Waals surface area (Å²) in [5, 5.41) is 2.68. The molecular formula is C22H24N4O3. The number of carbonyl (C=O) groups is 2. The smallest absolute Gasteiger partial charge is 0.407 e. The minimum Gasteiger partial charge on any atom is -0.453 e. The third kappa shape index (κ3) is 3.81. The van der Waals surface area contributed by atoms with Crippen LogP contribution in [0.1, 0.15) is 41.9 Å². The average Bonchev–Trinajstić information content (AvgIpc) is 3.38. The second kappa shape index (κ2) is 7.95. The van der Waals surface area contributed by atoms with Gasteiger partial charge in [0.05, 0.1) is 24.2 Å². The van der Waals surface area contributed by atoms with E-state index in [-0.39, 0.29) is 11.9 Å². The Balaban J connectivity index is 1.64. The molecule has 2 amide bonds. The standard InChI is InChI=1S/C22H24N4O3/c1-14-10-11-16-17(13-14)24-20(23-16)18-9-6-12-26(18)21(27)19(25-22(28)29-2)15-7-4-3-5-8-15/h3-5,7-8,10-11,13,18-19H,6,9,12H2,1-2H3,(H,23,24)(H,25,28)/t18-,19+/m0/s1. The number of nitrogens with zero attached hydrogens (tertiary/aromatic N) is 2. The fourth-order valence-corrected chi connectivity index (χ4v) is 3.88. The molecule has 2 N–H and O–H groups in total. The number of hydrogen-bond acceptors (Lipinski definition) is 4. The van der Waals surface area contributed by atoms with Crippen molar-refractivity contribution in [3.8, 4) is 0 Å². The van der Waals surface area contributed by atoms with E-state index in [0.29, 0.717) is 12.1 Å². The number of aromatic nitrogens is 2. The normalized spacial score (nSPS) is 17.3. The van der Waals surface area contributed by atoms with Crippen molar-refractivity contribution in [1.82, 2.24) is 20.2 Å². The maximum absolute atomic E-state index is 13.5. The van der Waals surface area contributed by atoms with E-state index in [1.165, 1.54) is 7.11 Å². The SMILES string of the molecule is COC(=O)N[C@@H](C(=O)N1CCC[C@H]1c1nc2cc(C)ccc2[nH]1)c1ccccc1. The largest absolute Gasteiger partial charge is 0.453 e. The highest BCUT2D eigenvalue weighted by Crippen LogP contribution is 2.34. The van der Waals surface area contributed by atoms with E-state index in [9.17, 15) is 9.59 Å². The lowest BCUT2D eigenvalue weighted by Crippen LogP contribution is -2.42. The predicted molar refractivity (Wildman–Crippen MR) is 109 cm³/mol. The van der Waals surface area contributed by atoms with E-state index in [0.717, 1.165) is 35.3 Å². The van der Waals surface area contributed by atoms with Crippen molar-refractivity contribution in [2.24, 2.45) is 0 Å². The number of alkyl carbamates (subject to hydrolysis) is 1. The second-order valence-electron chi connectivity index (χ2n) is 7.31. The number of nitrogens with one attached hydrogen (secondary N) is 2. The molecule has 0 bridgehead atoms. The number of benzene rings is 2. The third-order valence-corrected chi connectivity index (χ3v) is 5.34. The van der Waals surface area contributed by atoms with Gasteiger partial charge in [-0.05, 0) is 43.0 Å². The van der Waals surface area contributed by atoms with Crippen molar-refractivity contribution in [2.75, 3.05) is 13.7 Å². The van der Waals surface area contributed by atoms with E-state index in [1.807, 2.05) is 55.5 Å². The number of aryl methyl sites for hydroxylation is 1. The fraction of sp³-hybridized carbons (Fsp3) is 0.318. The molecule has 2 heterocycles. The molecule has 1 fully saturated rings. The van der Waals surface area contributed by atoms with E-state index < -0.39 is 12.1 Å². The zero-order valence-corrected chi connectivity index (χ0v) is 16.5. The van der Waals surface area contributed by atoms with Crippen LogP contribution in [0.2, 0.25) is 0 Å². The van der Waals surface area contributed by atoms with Gasteiger partial charge in [0.1, 0.15) is 11.9 Å². The molecule has 29 heavy (non-hydrogen) atoms. The summed E-state index contributed by atoms with van der Waals surface area (Å²) in [7, 11) is 1.29. The van der Waals surface area contributed by atoms with Gasteiger partial charge in [0, 0.05) is 6.54 Å². The summed E-state index contributed by atoms with van der Waals surface area (Å²) >= 11 is 0. The number of methoxy groups -OCH3 is 1. The zero-order chi connectivity index (χ0) is 20.4. The lowest BCUT2D eigenvalue weighted by atomic mass is 10.1. The van der Waals surface area contributed by atoms with Gasteiger partial charge in [0.15, 0.2) is 0 Å². The molecule has 0 unspecified atom stereocenters. The molecule has 1 aromatic heterocycles. The van der Waals surface area contributed by atoms with E-state index in [1.54, 1.807) is 4.90 Å². The van der Waals surface area contributed by atoms with Crippen LogP contribution in [0.25, 0.3) is 11.0 Å². The first-order valence-corrected chi connectivity index (χ1v) is 9.73. The molecule has 1 aliphatic rings. The number of likely N-dealkylation sites (tertiary alicyclic amines) is 1. The van der Waals surface area contributed by atoms with Gasteiger partial charge >= 0.3 is 6.09 Å². The van der Waals surface area contributed by atoms with Crippen LogP contribution in [-0.4, -0.2) is 40.5 Å². The van der Waals surface area contributed by atoms with Gasteiger partial charge < -0.3 is 19.9 Å². The number of amides is 2. The van der Waals surface area contributed by atoms with Gasteiger partial charge in [-0.3, -0.25) is 4.79 Å². The quantitative estimate of drug-likeness (QED) is 0.710. The van der Waals surface area contributed by atoms with Crippen LogP contribution in [0.5, 0.6) is 0 Å².